The molecule has 4 aromatic rings. The Bertz CT molecular complexity index is 1230. The maximum atomic E-state index is 13.6. The van der Waals surface area contributed by atoms with E-state index in [2.05, 4.69) is 0 Å². The Kier molecular flexibility index (Phi) is 8.65. The van der Waals surface area contributed by atoms with E-state index in [0.717, 1.165) is 21.2 Å². The molecule has 0 aromatic heterocycles. The normalized spacial score (nSPS) is 11.8. The molecule has 6 heteroatoms. The van der Waals surface area contributed by atoms with E-state index in [-0.39, 0.29) is 23.9 Å². The number of carbonyl (C=O) groups excluding carboxylic acids is 2. The summed E-state index contributed by atoms with van der Waals surface area (Å²) in [5.41, 5.74) is 0. The van der Waals surface area contributed by atoms with Crippen molar-refractivity contribution >= 4 is 68.5 Å². The minimum Gasteiger partial charge on any atom is -0.298 e. The Morgan fingerprint density at radius 2 is 0.750 bits per heavy atom. The smallest absolute Gasteiger partial charge is 0.148 e. The molecule has 0 aliphatic carbocycles. The predicted molar refractivity (Wildman–Crippen MR) is 162 cm³/mol. The van der Waals surface area contributed by atoms with Crippen LogP contribution in [0.3, 0.4) is 0 Å². The Labute approximate surface area is 223 Å². The van der Waals surface area contributed by atoms with Gasteiger partial charge < -0.3 is 0 Å². The summed E-state index contributed by atoms with van der Waals surface area (Å²) in [6.45, 7) is 1.72. The van der Waals surface area contributed by atoms with Crippen LogP contribution in [0.2, 0.25) is 0 Å². The number of benzene rings is 4. The largest absolute Gasteiger partial charge is 0.298 e. The Morgan fingerprint density at radius 3 is 0.972 bits per heavy atom. The molecule has 0 N–H and O–H groups in total. The van der Waals surface area contributed by atoms with E-state index in [4.69, 9.17) is 23.6 Å². The molecule has 0 bridgehead atoms. The van der Waals surface area contributed by atoms with E-state index in [9.17, 15) is 9.59 Å². The minimum atomic E-state index is -2.43. The van der Waals surface area contributed by atoms with Gasteiger partial charge in [0.2, 0.25) is 0 Å². The van der Waals surface area contributed by atoms with E-state index in [1.165, 1.54) is 0 Å². The molecular weight excluding hydrogens is 518 g/mol. The molecule has 0 unspecified atom stereocenters. The summed E-state index contributed by atoms with van der Waals surface area (Å²) in [6.07, 6.45) is 0.339. The molecule has 182 valence electrons. The highest BCUT2D eigenvalue weighted by Gasteiger charge is 2.33. The number of Topliss-reactive ketones (excluding diaryl/α,β-unsaturated/α-hetero) is 2. The molecule has 0 saturated heterocycles. The molecule has 0 aliphatic rings. The van der Waals surface area contributed by atoms with Crippen LogP contribution in [0.15, 0.2) is 121 Å². The van der Waals surface area contributed by atoms with Gasteiger partial charge in [-0.15, -0.1) is 0 Å². The summed E-state index contributed by atoms with van der Waals surface area (Å²) in [4.78, 5) is 27.2. The lowest BCUT2D eigenvalue weighted by Gasteiger charge is -2.26. The first-order chi connectivity index (χ1) is 17.3. The molecule has 0 atom stereocenters. The van der Waals surface area contributed by atoms with Crippen molar-refractivity contribution in [3.05, 3.63) is 121 Å². The molecule has 4 aromatic carbocycles. The lowest BCUT2D eigenvalue weighted by atomic mass is 10.0. The van der Waals surface area contributed by atoms with Gasteiger partial charge in [-0.2, -0.15) is 0 Å². The van der Waals surface area contributed by atoms with Crippen LogP contribution in [0.25, 0.3) is 0 Å². The van der Waals surface area contributed by atoms with Crippen molar-refractivity contribution in [2.24, 2.45) is 5.92 Å². The molecule has 0 fully saturated rings. The number of rotatable bonds is 10. The topological polar surface area (TPSA) is 34.1 Å². The van der Waals surface area contributed by atoms with Gasteiger partial charge in [0.05, 0.1) is 5.92 Å². The second-order valence-corrected chi connectivity index (χ2v) is 18.2. The van der Waals surface area contributed by atoms with Crippen molar-refractivity contribution in [1.82, 2.24) is 0 Å². The molecule has 0 radical (unpaired) electrons. The SMILES string of the molecule is CC(C(=O)CP(=S)(c1ccccc1)c1ccccc1)C(=O)CP(=S)(c1ccccc1)c1ccccc1. The number of carbonyl (C=O) groups is 2. The third kappa shape index (κ3) is 5.74. The van der Waals surface area contributed by atoms with Crippen LogP contribution >= 0.6 is 12.1 Å². The summed E-state index contributed by atoms with van der Waals surface area (Å²) in [6, 6.07) is 34.5. The zero-order valence-corrected chi connectivity index (χ0v) is 23.5. The molecular formula is C30H28O2P2S2. The van der Waals surface area contributed by atoms with E-state index in [1.54, 1.807) is 6.92 Å². The summed E-state index contributed by atoms with van der Waals surface area (Å²) in [5, 5.41) is 3.94. The first-order valence-electron chi connectivity index (χ1n) is 11.8. The third-order valence-corrected chi connectivity index (χ3v) is 15.8. The monoisotopic (exact) mass is 546 g/mol. The summed E-state index contributed by atoms with van der Waals surface area (Å²) in [7, 11) is 0. The number of ketones is 2. The van der Waals surface area contributed by atoms with Gasteiger partial charge in [0, 0.05) is 24.4 Å². The molecule has 4 rings (SSSR count). The fourth-order valence-electron chi connectivity index (χ4n) is 4.23. The van der Waals surface area contributed by atoms with Gasteiger partial charge >= 0.3 is 0 Å². The van der Waals surface area contributed by atoms with E-state index < -0.39 is 18.0 Å². The van der Waals surface area contributed by atoms with Gasteiger partial charge in [0.1, 0.15) is 11.6 Å². The van der Waals surface area contributed by atoms with E-state index >= 15 is 0 Å². The quantitative estimate of drug-likeness (QED) is 0.207. The molecule has 0 amide bonds. The van der Waals surface area contributed by atoms with Crippen molar-refractivity contribution < 1.29 is 9.59 Å². The van der Waals surface area contributed by atoms with Gasteiger partial charge in [-0.05, 0) is 28.1 Å². The lowest BCUT2D eigenvalue weighted by Crippen LogP contribution is -2.32. The summed E-state index contributed by atoms with van der Waals surface area (Å²) < 4.78 is 0. The van der Waals surface area contributed by atoms with Crippen LogP contribution < -0.4 is 21.2 Å². The van der Waals surface area contributed by atoms with E-state index in [1.807, 2.05) is 121 Å². The van der Waals surface area contributed by atoms with Crippen LogP contribution in [0, 0.1) is 5.92 Å². The van der Waals surface area contributed by atoms with Crippen molar-refractivity contribution in [2.75, 3.05) is 12.3 Å². The average molecular weight is 547 g/mol. The number of hydrogen-bond donors (Lipinski definition) is 0. The Balaban J connectivity index is 1.63. The maximum Gasteiger partial charge on any atom is 0.148 e. The van der Waals surface area contributed by atoms with Gasteiger partial charge in [0.25, 0.3) is 0 Å². The van der Waals surface area contributed by atoms with Crippen LogP contribution in [0.5, 0.6) is 0 Å². The van der Waals surface area contributed by atoms with Gasteiger partial charge in [0.15, 0.2) is 0 Å². The highest BCUT2D eigenvalue weighted by molar-refractivity contribution is 8.22. The molecule has 0 heterocycles. The Hall–Kier alpha value is -2.48. The fraction of sp³-hybridized carbons (Fsp3) is 0.133. The van der Waals surface area contributed by atoms with E-state index in [0.29, 0.717) is 0 Å². The molecule has 0 saturated carbocycles. The van der Waals surface area contributed by atoms with Crippen LogP contribution in [0.1, 0.15) is 6.92 Å². The second kappa shape index (κ2) is 11.7. The zero-order valence-electron chi connectivity index (χ0n) is 20.1. The first kappa shape index (κ1) is 26.6. The van der Waals surface area contributed by atoms with Gasteiger partial charge in [-0.25, -0.2) is 0 Å². The van der Waals surface area contributed by atoms with Crippen molar-refractivity contribution in [1.29, 1.82) is 0 Å². The maximum absolute atomic E-state index is 13.6. The highest BCUT2D eigenvalue weighted by Crippen LogP contribution is 2.46. The summed E-state index contributed by atoms with van der Waals surface area (Å²) in [5.74, 6) is -0.994. The lowest BCUT2D eigenvalue weighted by molar-refractivity contribution is -0.129. The third-order valence-electron chi connectivity index (χ3n) is 6.42. The van der Waals surface area contributed by atoms with Gasteiger partial charge in [-0.1, -0.05) is 145 Å². The molecule has 0 spiro atoms. The van der Waals surface area contributed by atoms with Gasteiger partial charge in [-0.3, -0.25) is 9.59 Å². The van der Waals surface area contributed by atoms with Crippen LogP contribution in [-0.2, 0) is 33.2 Å². The van der Waals surface area contributed by atoms with Crippen LogP contribution in [0.4, 0.5) is 0 Å². The van der Waals surface area contributed by atoms with Crippen molar-refractivity contribution in [3.63, 3.8) is 0 Å². The second-order valence-electron chi connectivity index (χ2n) is 8.79. The zero-order chi connectivity index (χ0) is 25.6. The molecule has 0 aliphatic heterocycles. The first-order valence-corrected chi connectivity index (χ1v) is 17.8. The number of hydrogen-bond acceptors (Lipinski definition) is 4. The average Bonchev–Trinajstić information content (AvgIpc) is 2.94. The predicted octanol–water partition coefficient (Wildman–Crippen LogP) is 5.02. The minimum absolute atomic E-state index is 0.112. The van der Waals surface area contributed by atoms with Crippen molar-refractivity contribution in [3.8, 4) is 0 Å². The standard InChI is InChI=1S/C30H28O2P2S2/c1-24(29(31)22-33(35,25-14-6-2-7-15-25)26-16-8-3-9-17-26)30(32)23-34(36,27-18-10-4-11-19-27)28-20-12-5-13-21-28/h2-21,24H,22-23H2,1H3. The molecule has 2 nitrogen and oxygen atoms in total. The fourth-order valence-corrected chi connectivity index (χ4v) is 11.8. The Morgan fingerprint density at radius 1 is 0.528 bits per heavy atom. The van der Waals surface area contributed by atoms with Crippen molar-refractivity contribution in [2.45, 2.75) is 6.92 Å². The summed E-state index contributed by atoms with van der Waals surface area (Å²) >= 11 is 12.5. The molecule has 36 heavy (non-hydrogen) atoms. The highest BCUT2D eigenvalue weighted by atomic mass is 32.4. The van der Waals surface area contributed by atoms with Crippen LogP contribution in [-0.4, -0.2) is 23.9 Å².